The van der Waals surface area contributed by atoms with E-state index in [-0.39, 0.29) is 0 Å². The Labute approximate surface area is 77.6 Å². The molecule has 0 saturated carbocycles. The summed E-state index contributed by atoms with van der Waals surface area (Å²) in [5.41, 5.74) is 3.05. The van der Waals surface area contributed by atoms with Gasteiger partial charge in [-0.15, -0.1) is 0 Å². The molecule has 1 aromatic carbocycles. The first-order valence-corrected chi connectivity index (χ1v) is 4.27. The summed E-state index contributed by atoms with van der Waals surface area (Å²) in [6, 6.07) is 10.1. The van der Waals surface area contributed by atoms with Crippen molar-refractivity contribution in [3.8, 4) is 0 Å². The Morgan fingerprint density at radius 3 is 2.77 bits per heavy atom. The zero-order valence-electron chi connectivity index (χ0n) is 7.78. The molecule has 0 atom stereocenters. The Hall–Kier alpha value is -1.57. The van der Waals surface area contributed by atoms with Gasteiger partial charge in [0.2, 0.25) is 0 Å². The van der Waals surface area contributed by atoms with Crippen LogP contribution in [0, 0.1) is 6.92 Å². The van der Waals surface area contributed by atoms with Gasteiger partial charge in [-0.05, 0) is 19.1 Å². The van der Waals surface area contributed by atoms with Crippen molar-refractivity contribution < 1.29 is 0 Å². The first-order chi connectivity index (χ1) is 6.31. The van der Waals surface area contributed by atoms with E-state index in [1.54, 1.807) is 7.05 Å². The van der Waals surface area contributed by atoms with Crippen LogP contribution >= 0.6 is 0 Å². The number of para-hydroxylation sites is 1. The minimum Gasteiger partial charge on any atom is -0.288 e. The van der Waals surface area contributed by atoms with Crippen molar-refractivity contribution in [1.29, 1.82) is 0 Å². The first-order valence-electron chi connectivity index (χ1n) is 4.27. The average molecular weight is 171 g/mol. The van der Waals surface area contributed by atoms with E-state index < -0.39 is 0 Å². The molecular weight excluding hydrogens is 160 g/mol. The maximum atomic E-state index is 4.42. The number of benzene rings is 1. The van der Waals surface area contributed by atoms with Crippen molar-refractivity contribution in [1.82, 2.24) is 10.3 Å². The van der Waals surface area contributed by atoms with Gasteiger partial charge in [0.15, 0.2) is 0 Å². The molecule has 0 fully saturated rings. The lowest BCUT2D eigenvalue weighted by molar-refractivity contribution is 1.09. The predicted octanol–water partition coefficient (Wildman–Crippen LogP) is 2.41. The summed E-state index contributed by atoms with van der Waals surface area (Å²) < 4.78 is 0. The smallest absolute Gasteiger partial charge is 0.0726 e. The van der Waals surface area contributed by atoms with E-state index in [2.05, 4.69) is 10.3 Å². The fourth-order valence-corrected chi connectivity index (χ4v) is 1.47. The summed E-state index contributed by atoms with van der Waals surface area (Å²) in [5, 5.41) is 5.34. The highest BCUT2D eigenvalue weighted by Gasteiger charge is 2.01. The third-order valence-corrected chi connectivity index (χ3v) is 2.06. The number of fused-ring (bicyclic) bond motifs is 1. The van der Waals surface area contributed by atoms with Gasteiger partial charge in [0.25, 0.3) is 0 Å². The summed E-state index contributed by atoms with van der Waals surface area (Å²) in [6.07, 6.45) is 0. The van der Waals surface area contributed by atoms with Gasteiger partial charge in [-0.3, -0.25) is 10.3 Å². The van der Waals surface area contributed by atoms with Crippen molar-refractivity contribution in [2.45, 2.75) is 6.92 Å². The van der Waals surface area contributed by atoms with Gasteiger partial charge >= 0.3 is 0 Å². The number of hydrogen-bond acceptors (Lipinski definition) is 1. The molecule has 1 heterocycles. The topological polar surface area (TPSA) is 27.0 Å². The Balaban J connectivity index is 2.81. The molecule has 1 radical (unpaired) electrons. The highest BCUT2D eigenvalue weighted by Crippen LogP contribution is 2.21. The average Bonchev–Trinajstić information content (AvgIpc) is 2.16. The van der Waals surface area contributed by atoms with Crippen LogP contribution in [0.25, 0.3) is 10.9 Å². The van der Waals surface area contributed by atoms with Crippen LogP contribution in [0.1, 0.15) is 5.69 Å². The van der Waals surface area contributed by atoms with Crippen LogP contribution < -0.4 is 5.32 Å². The van der Waals surface area contributed by atoms with Crippen molar-refractivity contribution in [2.75, 3.05) is 7.05 Å². The van der Waals surface area contributed by atoms with Gasteiger partial charge in [-0.1, -0.05) is 18.2 Å². The van der Waals surface area contributed by atoms with Crippen LogP contribution in [0.5, 0.6) is 0 Å². The van der Waals surface area contributed by atoms with E-state index >= 15 is 0 Å². The lowest BCUT2D eigenvalue weighted by Crippen LogP contribution is -1.91. The Morgan fingerprint density at radius 1 is 1.23 bits per heavy atom. The molecule has 0 aliphatic rings. The molecule has 65 valence electrons. The molecule has 0 unspecified atom stereocenters. The van der Waals surface area contributed by atoms with Gasteiger partial charge in [-0.25, -0.2) is 0 Å². The van der Waals surface area contributed by atoms with Crippen LogP contribution in [0.15, 0.2) is 30.3 Å². The normalized spacial score (nSPS) is 10.3. The Kier molecular flexibility index (Phi) is 1.89. The molecule has 2 heteroatoms. The number of hydrogen-bond donors (Lipinski definition) is 0. The molecular formula is C11H11N2. The molecule has 2 aromatic rings. The quantitative estimate of drug-likeness (QED) is 0.647. The molecule has 0 saturated heterocycles. The summed E-state index contributed by atoms with van der Waals surface area (Å²) in [4.78, 5) is 4.42. The van der Waals surface area contributed by atoms with Gasteiger partial charge < -0.3 is 0 Å². The molecule has 13 heavy (non-hydrogen) atoms. The van der Waals surface area contributed by atoms with E-state index in [9.17, 15) is 0 Å². The van der Waals surface area contributed by atoms with Crippen LogP contribution in [0.4, 0.5) is 5.69 Å². The van der Waals surface area contributed by atoms with E-state index in [0.717, 1.165) is 22.3 Å². The lowest BCUT2D eigenvalue weighted by Gasteiger charge is -2.04. The molecule has 0 spiro atoms. The largest absolute Gasteiger partial charge is 0.288 e. The van der Waals surface area contributed by atoms with E-state index in [1.807, 2.05) is 37.3 Å². The second-order valence-electron chi connectivity index (χ2n) is 3.02. The number of aryl methyl sites for hydroxylation is 1. The van der Waals surface area contributed by atoms with Crippen molar-refractivity contribution in [3.63, 3.8) is 0 Å². The second-order valence-corrected chi connectivity index (χ2v) is 3.02. The first kappa shape index (κ1) is 8.05. The molecule has 0 N–H and O–H groups in total. The molecule has 2 nitrogen and oxygen atoms in total. The number of nitrogens with zero attached hydrogens (tertiary/aromatic N) is 2. The van der Waals surface area contributed by atoms with E-state index in [0.29, 0.717) is 0 Å². The molecule has 0 bridgehead atoms. The molecule has 0 amide bonds. The summed E-state index contributed by atoms with van der Waals surface area (Å²) in [7, 11) is 1.81. The van der Waals surface area contributed by atoms with E-state index in [1.165, 1.54) is 0 Å². The molecule has 1 aromatic heterocycles. The highest BCUT2D eigenvalue weighted by atomic mass is 14.8. The van der Waals surface area contributed by atoms with Crippen molar-refractivity contribution in [3.05, 3.63) is 36.0 Å². The molecule has 2 rings (SSSR count). The maximum Gasteiger partial charge on any atom is 0.0726 e. The van der Waals surface area contributed by atoms with Crippen molar-refractivity contribution >= 4 is 16.6 Å². The maximum absolute atomic E-state index is 4.42. The highest BCUT2D eigenvalue weighted by molar-refractivity contribution is 5.89. The third-order valence-electron chi connectivity index (χ3n) is 2.06. The molecule has 0 aliphatic carbocycles. The lowest BCUT2D eigenvalue weighted by atomic mass is 10.1. The third kappa shape index (κ3) is 1.35. The fourth-order valence-electron chi connectivity index (χ4n) is 1.47. The van der Waals surface area contributed by atoms with E-state index in [4.69, 9.17) is 0 Å². The number of rotatable bonds is 1. The van der Waals surface area contributed by atoms with Crippen LogP contribution in [0.2, 0.25) is 0 Å². The fraction of sp³-hybridized carbons (Fsp3) is 0.182. The monoisotopic (exact) mass is 171 g/mol. The number of aromatic nitrogens is 1. The zero-order valence-corrected chi connectivity index (χ0v) is 7.78. The van der Waals surface area contributed by atoms with Gasteiger partial charge in [-0.2, -0.15) is 0 Å². The summed E-state index contributed by atoms with van der Waals surface area (Å²) in [6.45, 7) is 1.99. The number of pyridine rings is 1. The van der Waals surface area contributed by atoms with Gasteiger partial charge in [0.05, 0.1) is 11.2 Å². The Morgan fingerprint density at radius 2 is 2.00 bits per heavy atom. The van der Waals surface area contributed by atoms with Crippen molar-refractivity contribution in [2.24, 2.45) is 0 Å². The van der Waals surface area contributed by atoms with Gasteiger partial charge in [0, 0.05) is 18.1 Å². The Bertz CT molecular complexity index is 435. The standard InChI is InChI=1S/C11H11N2/c1-8-7-11(12-2)9-5-3-4-6-10(9)13-8/h3-7H,1-2H3. The zero-order chi connectivity index (χ0) is 9.26. The molecule has 0 aliphatic heterocycles. The predicted molar refractivity (Wildman–Crippen MR) is 54.2 cm³/mol. The summed E-state index contributed by atoms with van der Waals surface area (Å²) >= 11 is 0. The van der Waals surface area contributed by atoms with Crippen LogP contribution in [0.3, 0.4) is 0 Å². The van der Waals surface area contributed by atoms with Crippen LogP contribution in [-0.4, -0.2) is 12.0 Å². The minimum absolute atomic E-state index is 1.01. The summed E-state index contributed by atoms with van der Waals surface area (Å²) in [5.74, 6) is 0. The van der Waals surface area contributed by atoms with Crippen LogP contribution in [-0.2, 0) is 0 Å². The minimum atomic E-state index is 1.01. The SMILES string of the molecule is C[N]c1cc(C)nc2ccccc12. The second kappa shape index (κ2) is 3.05. The van der Waals surface area contributed by atoms with Gasteiger partial charge in [0.1, 0.15) is 0 Å².